The third kappa shape index (κ3) is 4.21. The van der Waals surface area contributed by atoms with Crippen LogP contribution in [0.25, 0.3) is 22.1 Å². The van der Waals surface area contributed by atoms with Crippen LogP contribution in [0.15, 0.2) is 65.1 Å². The Kier molecular flexibility index (Phi) is 6.77. The van der Waals surface area contributed by atoms with E-state index >= 15 is 0 Å². The van der Waals surface area contributed by atoms with Crippen LogP contribution < -0.4 is 19.7 Å². The van der Waals surface area contributed by atoms with Crippen LogP contribution in [0.3, 0.4) is 0 Å². The number of thiazole rings is 1. The summed E-state index contributed by atoms with van der Waals surface area (Å²) < 4.78 is 3.47. The molecule has 2 aliphatic heterocycles. The van der Waals surface area contributed by atoms with Gasteiger partial charge in [0.1, 0.15) is 13.9 Å². The van der Waals surface area contributed by atoms with Gasteiger partial charge < -0.3 is 4.90 Å². The molecule has 0 spiro atoms. The number of rotatable bonds is 4. The molecule has 1 aromatic heterocycles. The smallest absolute Gasteiger partial charge is 0.269 e. The fourth-order valence-electron chi connectivity index (χ4n) is 5.04. The first-order chi connectivity index (χ1) is 17.7. The first-order valence-electron chi connectivity index (χ1n) is 12.3. The maximum atomic E-state index is 13.3. The van der Waals surface area contributed by atoms with E-state index in [4.69, 9.17) is 12.2 Å². The van der Waals surface area contributed by atoms with Crippen LogP contribution >= 0.6 is 35.3 Å². The summed E-state index contributed by atoms with van der Waals surface area (Å²) in [6.07, 6.45) is 3.99. The highest BCUT2D eigenvalue weighted by Gasteiger charge is 2.39. The zero-order chi connectivity index (χ0) is 26.5. The zero-order valence-corrected chi connectivity index (χ0v) is 24.0. The quantitative estimate of drug-likeness (QED) is 0.444. The molecule has 0 N–H and O–H groups in total. The summed E-state index contributed by atoms with van der Waals surface area (Å²) in [5.41, 5.74) is 5.69. The second-order valence-corrected chi connectivity index (χ2v) is 12.2. The van der Waals surface area contributed by atoms with Crippen molar-refractivity contribution in [1.29, 1.82) is 0 Å². The highest BCUT2D eigenvalue weighted by atomic mass is 32.2. The van der Waals surface area contributed by atoms with Gasteiger partial charge in [-0.2, -0.15) is 0 Å². The molecular weight excluding hydrogens is 519 g/mol. The van der Waals surface area contributed by atoms with E-state index in [9.17, 15) is 9.59 Å². The number of thioether (sulfide) groups is 1. The number of carbonyl (C=O) groups is 1. The van der Waals surface area contributed by atoms with E-state index in [0.717, 1.165) is 12.2 Å². The summed E-state index contributed by atoms with van der Waals surface area (Å²) in [7, 11) is 1.67. The van der Waals surface area contributed by atoms with Crippen LogP contribution in [0.2, 0.25) is 0 Å². The monoisotopic (exact) mass is 547 g/mol. The van der Waals surface area contributed by atoms with Gasteiger partial charge in [0.2, 0.25) is 0 Å². The molecule has 1 amide bonds. The van der Waals surface area contributed by atoms with Crippen molar-refractivity contribution < 1.29 is 4.79 Å². The Hall–Kier alpha value is -2.94. The molecule has 190 valence electrons. The van der Waals surface area contributed by atoms with E-state index in [1.807, 2.05) is 19.1 Å². The molecule has 37 heavy (non-hydrogen) atoms. The Bertz CT molecular complexity index is 1630. The lowest BCUT2D eigenvalue weighted by atomic mass is 9.82. The molecule has 5 rings (SSSR count). The normalized spacial score (nSPS) is 19.9. The van der Waals surface area contributed by atoms with Crippen molar-refractivity contribution >= 4 is 62.2 Å². The Labute approximate surface area is 230 Å². The number of benzene rings is 2. The van der Waals surface area contributed by atoms with Gasteiger partial charge in [-0.05, 0) is 54.8 Å². The van der Waals surface area contributed by atoms with E-state index in [2.05, 4.69) is 74.2 Å². The Morgan fingerprint density at radius 2 is 1.70 bits per heavy atom. The molecule has 3 heterocycles. The van der Waals surface area contributed by atoms with Crippen LogP contribution in [-0.2, 0) is 16.8 Å². The lowest BCUT2D eigenvalue weighted by Gasteiger charge is -2.25. The summed E-state index contributed by atoms with van der Waals surface area (Å²) in [6.45, 7) is 9.86. The Morgan fingerprint density at radius 3 is 2.32 bits per heavy atom. The maximum absolute atomic E-state index is 13.3. The number of aromatic nitrogens is 1. The van der Waals surface area contributed by atoms with Gasteiger partial charge in [0.15, 0.2) is 0 Å². The summed E-state index contributed by atoms with van der Waals surface area (Å²) >= 11 is 7.93. The number of hydrogen-bond donors (Lipinski definition) is 0. The molecule has 0 bridgehead atoms. The van der Waals surface area contributed by atoms with Gasteiger partial charge >= 0.3 is 0 Å². The van der Waals surface area contributed by atoms with E-state index in [1.54, 1.807) is 11.6 Å². The van der Waals surface area contributed by atoms with Gasteiger partial charge in [0.05, 0.1) is 4.53 Å². The van der Waals surface area contributed by atoms with Crippen molar-refractivity contribution in [3.63, 3.8) is 0 Å². The van der Waals surface area contributed by atoms with Crippen molar-refractivity contribution in [3.8, 4) is 11.1 Å². The zero-order valence-electron chi connectivity index (χ0n) is 21.6. The molecule has 2 aromatic carbocycles. The van der Waals surface area contributed by atoms with Gasteiger partial charge in [-0.3, -0.25) is 19.1 Å². The number of amides is 1. The number of allylic oxidation sites excluding steroid dienone is 2. The van der Waals surface area contributed by atoms with E-state index in [-0.39, 0.29) is 16.9 Å². The number of anilines is 1. The minimum absolute atomic E-state index is 0.0801. The largest absolute Gasteiger partial charge is 0.344 e. The lowest BCUT2D eigenvalue weighted by Crippen LogP contribution is -2.32. The number of thiocarbonyl (C=S) groups is 1. The Morgan fingerprint density at radius 1 is 0.973 bits per heavy atom. The lowest BCUT2D eigenvalue weighted by molar-refractivity contribution is -0.119. The van der Waals surface area contributed by atoms with Crippen LogP contribution in [0.1, 0.15) is 33.3 Å². The average Bonchev–Trinajstić information content (AvgIpc) is 3.44. The van der Waals surface area contributed by atoms with Gasteiger partial charge in [-0.25, -0.2) is 0 Å². The van der Waals surface area contributed by atoms with E-state index in [1.165, 1.54) is 50.4 Å². The molecule has 0 radical (unpaired) electrons. The van der Waals surface area contributed by atoms with Crippen LogP contribution in [-0.4, -0.2) is 33.3 Å². The highest BCUT2D eigenvalue weighted by Crippen LogP contribution is 2.48. The van der Waals surface area contributed by atoms with E-state index < -0.39 is 0 Å². The molecule has 1 saturated heterocycles. The topological polar surface area (TPSA) is 45.5 Å². The molecule has 3 aromatic rings. The predicted octanol–water partition coefficient (Wildman–Crippen LogP) is 4.68. The Balaban J connectivity index is 1.63. The minimum atomic E-state index is -0.239. The van der Waals surface area contributed by atoms with Crippen LogP contribution in [0, 0.1) is 0 Å². The molecule has 8 heteroatoms. The molecule has 0 atom stereocenters. The number of carbonyl (C=O) groups excluding carboxylic acids is 1. The van der Waals surface area contributed by atoms with Crippen molar-refractivity contribution in [3.05, 3.63) is 85.4 Å². The summed E-state index contributed by atoms with van der Waals surface area (Å²) in [6, 6.07) is 17.1. The van der Waals surface area contributed by atoms with Gasteiger partial charge in [-0.15, -0.1) is 11.3 Å². The summed E-state index contributed by atoms with van der Waals surface area (Å²) in [5, 5.41) is 0. The number of hydrogen-bond acceptors (Lipinski definition) is 6. The van der Waals surface area contributed by atoms with E-state index in [0.29, 0.717) is 25.0 Å². The van der Waals surface area contributed by atoms with Crippen molar-refractivity contribution in [2.45, 2.75) is 39.7 Å². The molecule has 2 aliphatic rings. The first-order valence-corrected chi connectivity index (χ1v) is 14.4. The number of fused-ring (bicyclic) bond motifs is 1. The van der Waals surface area contributed by atoms with Crippen LogP contribution in [0.4, 0.5) is 5.69 Å². The first kappa shape index (κ1) is 25.7. The van der Waals surface area contributed by atoms with Crippen molar-refractivity contribution in [2.24, 2.45) is 0 Å². The van der Waals surface area contributed by atoms with Crippen LogP contribution in [0.5, 0.6) is 0 Å². The molecule has 0 aliphatic carbocycles. The fraction of sp³-hybridized carbons (Fsp3) is 0.276. The third-order valence-corrected chi connectivity index (χ3v) is 9.91. The molecule has 5 nitrogen and oxygen atoms in total. The molecule has 1 fully saturated rings. The maximum Gasteiger partial charge on any atom is 0.269 e. The molecular formula is C29H29N3O2S3. The number of nitrogens with zero attached hydrogens (tertiary/aromatic N) is 3. The minimum Gasteiger partial charge on any atom is -0.344 e. The second kappa shape index (κ2) is 9.74. The summed E-state index contributed by atoms with van der Waals surface area (Å²) in [5.74, 6) is -0.151. The predicted molar refractivity (Wildman–Crippen MR) is 160 cm³/mol. The molecule has 0 unspecified atom stereocenters. The van der Waals surface area contributed by atoms with Gasteiger partial charge in [0.25, 0.3) is 11.5 Å². The van der Waals surface area contributed by atoms with Crippen molar-refractivity contribution in [2.75, 3.05) is 18.5 Å². The van der Waals surface area contributed by atoms with Gasteiger partial charge in [0, 0.05) is 36.9 Å². The molecule has 0 saturated carbocycles. The standard InChI is InChI=1S/C29H29N3O2S3/c1-6-31-21-14-13-19(18-11-9-8-10-12-18)17-20(21)29(3,4)23(31)16-15-22-25(33)32(7-2)27(36-22)24-26(34)30(5)28(35)37-24/h8-17H,6-7H2,1-5H3/b22-15-,23-16-,27-24+. The SMILES string of the molecule is CCN1/C(=C\C=c2/s/c(=C3/SC(=S)N(C)C3=O)n(CC)c2=O)C(C)(C)c2cc(-c3ccccc3)ccc21. The highest BCUT2D eigenvalue weighted by molar-refractivity contribution is 8.30. The van der Waals surface area contributed by atoms with Gasteiger partial charge in [-0.1, -0.05) is 74.2 Å². The average molecular weight is 548 g/mol. The number of likely N-dealkylation sites (N-methyl/N-ethyl adjacent to an activating group) is 1. The third-order valence-electron chi connectivity index (χ3n) is 7.09. The summed E-state index contributed by atoms with van der Waals surface area (Å²) in [4.78, 5) is 30.4. The fourth-order valence-corrected chi connectivity index (χ4v) is 7.48. The van der Waals surface area contributed by atoms with Crippen molar-refractivity contribution in [1.82, 2.24) is 9.47 Å². The second-order valence-electron chi connectivity index (χ2n) is 9.57.